The molecule has 1 aromatic rings. The molecule has 1 aromatic heterocycles. The van der Waals surface area contributed by atoms with E-state index in [0.717, 1.165) is 13.3 Å². The van der Waals surface area contributed by atoms with Gasteiger partial charge in [-0.1, -0.05) is 6.92 Å². The van der Waals surface area contributed by atoms with Gasteiger partial charge in [-0.05, 0) is 20.3 Å². The first-order valence-electron chi connectivity index (χ1n) is 5.66. The summed E-state index contributed by atoms with van der Waals surface area (Å²) in [7, 11) is 0. The summed E-state index contributed by atoms with van der Waals surface area (Å²) in [6.45, 7) is 5.20. The largest absolute Gasteiger partial charge is 0.465 e. The van der Waals surface area contributed by atoms with Gasteiger partial charge >= 0.3 is 6.18 Å². The fourth-order valence-electron chi connectivity index (χ4n) is 1.19. The maximum absolute atomic E-state index is 12.4. The fraction of sp³-hybridized carbons (Fsp3) is 0.636. The van der Waals surface area contributed by atoms with Crippen LogP contribution in [-0.2, 0) is 0 Å². The Labute approximate surface area is 104 Å². The highest BCUT2D eigenvalue weighted by Crippen LogP contribution is 2.24. The van der Waals surface area contributed by atoms with Crippen LogP contribution in [0.4, 0.5) is 19.0 Å². The summed E-state index contributed by atoms with van der Waals surface area (Å²) in [5.74, 6) is 0.750. The number of nitrogens with zero attached hydrogens (tertiary/aromatic N) is 2. The van der Waals surface area contributed by atoms with E-state index in [0.29, 0.717) is 18.2 Å². The molecule has 0 aromatic carbocycles. The maximum atomic E-state index is 12.4. The SMILES string of the molecule is CCCNc1cc(OC(C)C(F)(F)F)nc(C)n1. The van der Waals surface area contributed by atoms with Crippen LogP contribution in [0.2, 0.25) is 0 Å². The van der Waals surface area contributed by atoms with Crippen LogP contribution in [0.5, 0.6) is 5.88 Å². The van der Waals surface area contributed by atoms with E-state index in [2.05, 4.69) is 15.3 Å². The van der Waals surface area contributed by atoms with E-state index in [1.54, 1.807) is 6.92 Å². The number of alkyl halides is 3. The average Bonchev–Trinajstić information content (AvgIpc) is 2.24. The summed E-state index contributed by atoms with van der Waals surface area (Å²) in [6.07, 6.45) is -5.42. The van der Waals surface area contributed by atoms with Gasteiger partial charge in [-0.25, -0.2) is 4.98 Å². The quantitative estimate of drug-likeness (QED) is 0.887. The van der Waals surface area contributed by atoms with Gasteiger partial charge in [0.25, 0.3) is 0 Å². The molecule has 1 unspecified atom stereocenters. The average molecular weight is 263 g/mol. The van der Waals surface area contributed by atoms with Crippen LogP contribution in [0.3, 0.4) is 0 Å². The molecule has 0 saturated carbocycles. The van der Waals surface area contributed by atoms with Crippen molar-refractivity contribution < 1.29 is 17.9 Å². The number of hydrogen-bond acceptors (Lipinski definition) is 4. The molecule has 0 fully saturated rings. The number of hydrogen-bond donors (Lipinski definition) is 1. The minimum atomic E-state index is -4.41. The molecule has 1 heterocycles. The van der Waals surface area contributed by atoms with Gasteiger partial charge in [-0.2, -0.15) is 18.2 Å². The van der Waals surface area contributed by atoms with Crippen molar-refractivity contribution in [3.8, 4) is 5.88 Å². The summed E-state index contributed by atoms with van der Waals surface area (Å²) in [5, 5.41) is 2.98. The molecule has 1 rings (SSSR count). The van der Waals surface area contributed by atoms with Crippen LogP contribution < -0.4 is 10.1 Å². The molecule has 0 aliphatic rings. The second-order valence-corrected chi connectivity index (χ2v) is 3.87. The van der Waals surface area contributed by atoms with Crippen LogP contribution in [0.25, 0.3) is 0 Å². The molecule has 0 radical (unpaired) electrons. The Hall–Kier alpha value is -1.53. The number of rotatable bonds is 5. The molecule has 0 amide bonds. The molecule has 1 atom stereocenters. The highest BCUT2D eigenvalue weighted by Gasteiger charge is 2.38. The van der Waals surface area contributed by atoms with Crippen molar-refractivity contribution >= 4 is 5.82 Å². The smallest absolute Gasteiger partial charge is 0.425 e. The van der Waals surface area contributed by atoms with Crippen molar-refractivity contribution in [2.75, 3.05) is 11.9 Å². The lowest BCUT2D eigenvalue weighted by atomic mass is 10.4. The molecule has 4 nitrogen and oxygen atoms in total. The summed E-state index contributed by atoms with van der Waals surface area (Å²) in [5.41, 5.74) is 0. The Bertz CT molecular complexity index is 396. The number of anilines is 1. The molecule has 1 N–H and O–H groups in total. The van der Waals surface area contributed by atoms with E-state index in [9.17, 15) is 13.2 Å². The van der Waals surface area contributed by atoms with Gasteiger partial charge in [-0.3, -0.25) is 0 Å². The Kier molecular flexibility index (Phi) is 4.75. The molecule has 18 heavy (non-hydrogen) atoms. The summed E-state index contributed by atoms with van der Waals surface area (Å²) in [6, 6.07) is 1.37. The number of nitrogens with one attached hydrogen (secondary N) is 1. The Morgan fingerprint density at radius 3 is 2.61 bits per heavy atom. The minimum absolute atomic E-state index is 0.0778. The monoisotopic (exact) mass is 263 g/mol. The molecule has 7 heteroatoms. The third kappa shape index (κ3) is 4.38. The third-order valence-electron chi connectivity index (χ3n) is 2.13. The predicted molar refractivity (Wildman–Crippen MR) is 61.7 cm³/mol. The predicted octanol–water partition coefficient (Wildman–Crippen LogP) is 2.94. The highest BCUT2D eigenvalue weighted by atomic mass is 19.4. The van der Waals surface area contributed by atoms with Gasteiger partial charge in [0.15, 0.2) is 6.10 Å². The summed E-state index contributed by atoms with van der Waals surface area (Å²) >= 11 is 0. The molecule has 0 bridgehead atoms. The van der Waals surface area contributed by atoms with E-state index in [1.807, 2.05) is 6.92 Å². The van der Waals surface area contributed by atoms with E-state index < -0.39 is 12.3 Å². The highest BCUT2D eigenvalue weighted by molar-refractivity contribution is 5.38. The number of ether oxygens (including phenoxy) is 1. The van der Waals surface area contributed by atoms with Gasteiger partial charge in [-0.15, -0.1) is 0 Å². The normalized spacial score (nSPS) is 13.2. The summed E-state index contributed by atoms with van der Waals surface area (Å²) < 4.78 is 41.8. The van der Waals surface area contributed by atoms with Gasteiger partial charge in [0.1, 0.15) is 11.6 Å². The molecular weight excluding hydrogens is 247 g/mol. The van der Waals surface area contributed by atoms with Crippen molar-refractivity contribution in [1.82, 2.24) is 9.97 Å². The first kappa shape index (κ1) is 14.5. The van der Waals surface area contributed by atoms with Crippen LogP contribution >= 0.6 is 0 Å². The van der Waals surface area contributed by atoms with Crippen molar-refractivity contribution in [3.63, 3.8) is 0 Å². The van der Waals surface area contributed by atoms with Crippen LogP contribution in [-0.4, -0.2) is 28.8 Å². The number of halogens is 3. The number of aryl methyl sites for hydroxylation is 1. The second-order valence-electron chi connectivity index (χ2n) is 3.87. The Morgan fingerprint density at radius 1 is 1.39 bits per heavy atom. The first-order valence-corrected chi connectivity index (χ1v) is 5.66. The van der Waals surface area contributed by atoms with E-state index in [1.165, 1.54) is 6.07 Å². The maximum Gasteiger partial charge on any atom is 0.425 e. The number of aromatic nitrogens is 2. The van der Waals surface area contributed by atoms with Gasteiger partial charge in [0, 0.05) is 12.6 Å². The van der Waals surface area contributed by atoms with Gasteiger partial charge in [0.05, 0.1) is 0 Å². The van der Waals surface area contributed by atoms with Crippen LogP contribution in [0.15, 0.2) is 6.07 Å². The molecule has 0 aliphatic carbocycles. The van der Waals surface area contributed by atoms with Gasteiger partial charge in [0.2, 0.25) is 5.88 Å². The Morgan fingerprint density at radius 2 is 2.06 bits per heavy atom. The standard InChI is InChI=1S/C11H16F3N3O/c1-4-5-15-9-6-10(17-8(3)16-9)18-7(2)11(12,13)14/h6-7H,4-5H2,1-3H3,(H,15,16,17). The lowest BCUT2D eigenvalue weighted by Crippen LogP contribution is -2.31. The van der Waals surface area contributed by atoms with Crippen molar-refractivity contribution in [2.24, 2.45) is 0 Å². The van der Waals surface area contributed by atoms with Crippen molar-refractivity contribution in [3.05, 3.63) is 11.9 Å². The van der Waals surface area contributed by atoms with E-state index in [-0.39, 0.29) is 5.88 Å². The van der Waals surface area contributed by atoms with Gasteiger partial charge < -0.3 is 10.1 Å². The second kappa shape index (κ2) is 5.88. The molecule has 102 valence electrons. The third-order valence-corrected chi connectivity index (χ3v) is 2.13. The van der Waals surface area contributed by atoms with Crippen LogP contribution in [0.1, 0.15) is 26.1 Å². The zero-order valence-electron chi connectivity index (χ0n) is 10.5. The lowest BCUT2D eigenvalue weighted by molar-refractivity contribution is -0.190. The molecular formula is C11H16F3N3O. The van der Waals surface area contributed by atoms with E-state index >= 15 is 0 Å². The van der Waals surface area contributed by atoms with Crippen molar-refractivity contribution in [1.29, 1.82) is 0 Å². The van der Waals surface area contributed by atoms with Crippen molar-refractivity contribution in [2.45, 2.75) is 39.5 Å². The molecule has 0 saturated heterocycles. The first-order chi connectivity index (χ1) is 8.32. The molecule has 0 spiro atoms. The van der Waals surface area contributed by atoms with E-state index in [4.69, 9.17) is 4.74 Å². The Balaban J connectivity index is 2.79. The van der Waals surface area contributed by atoms with Crippen LogP contribution in [0, 0.1) is 6.92 Å². The summed E-state index contributed by atoms with van der Waals surface area (Å²) in [4.78, 5) is 7.88. The molecule has 0 aliphatic heterocycles. The lowest BCUT2D eigenvalue weighted by Gasteiger charge is -2.17. The zero-order chi connectivity index (χ0) is 13.8. The fourth-order valence-corrected chi connectivity index (χ4v) is 1.19. The zero-order valence-corrected chi connectivity index (χ0v) is 10.5. The minimum Gasteiger partial charge on any atom is -0.465 e. The topological polar surface area (TPSA) is 47.0 Å².